The normalized spacial score (nSPS) is 13.7. The SMILES string of the molecule is CCCCCCC(C/C=C(\CCCCCCCC(=O)O)[N+](=O)[O-])SC[C@@H](N)C(=O)O. The lowest BCUT2D eigenvalue weighted by Gasteiger charge is -2.16. The lowest BCUT2D eigenvalue weighted by atomic mass is 10.1. The molecule has 4 N–H and O–H groups in total. The highest BCUT2D eigenvalue weighted by Crippen LogP contribution is 2.24. The van der Waals surface area contributed by atoms with Gasteiger partial charge in [-0.2, -0.15) is 11.8 Å². The molecule has 0 aliphatic carbocycles. The molecule has 0 amide bonds. The minimum Gasteiger partial charge on any atom is -0.481 e. The van der Waals surface area contributed by atoms with Gasteiger partial charge >= 0.3 is 11.9 Å². The molecule has 0 aromatic carbocycles. The van der Waals surface area contributed by atoms with Crippen LogP contribution in [0.2, 0.25) is 0 Å². The quantitative estimate of drug-likeness (QED) is 0.137. The molecule has 0 aliphatic rings. The highest BCUT2D eigenvalue weighted by molar-refractivity contribution is 8.00. The smallest absolute Gasteiger partial charge is 0.321 e. The van der Waals surface area contributed by atoms with Crippen molar-refractivity contribution >= 4 is 23.7 Å². The molecule has 0 aromatic rings. The minimum atomic E-state index is -1.03. The Labute approximate surface area is 183 Å². The third-order valence-electron chi connectivity index (χ3n) is 4.88. The molecule has 0 radical (unpaired) electrons. The van der Waals surface area contributed by atoms with Gasteiger partial charge in [0.25, 0.3) is 0 Å². The summed E-state index contributed by atoms with van der Waals surface area (Å²) in [7, 11) is 0. The zero-order chi connectivity index (χ0) is 22.8. The Morgan fingerprint density at radius 3 is 2.20 bits per heavy atom. The first kappa shape index (κ1) is 28.4. The molecule has 8 nitrogen and oxygen atoms in total. The molecular weight excluding hydrogens is 408 g/mol. The van der Waals surface area contributed by atoms with Gasteiger partial charge in [-0.25, -0.2) is 0 Å². The van der Waals surface area contributed by atoms with Gasteiger partial charge in [-0.05, 0) is 31.8 Å². The van der Waals surface area contributed by atoms with E-state index in [1.807, 2.05) is 0 Å². The Balaban J connectivity index is 4.53. The van der Waals surface area contributed by atoms with Gasteiger partial charge < -0.3 is 15.9 Å². The summed E-state index contributed by atoms with van der Waals surface area (Å²) in [6, 6.07) is -0.923. The molecule has 0 saturated heterocycles. The lowest BCUT2D eigenvalue weighted by Crippen LogP contribution is -2.33. The topological polar surface area (TPSA) is 144 Å². The summed E-state index contributed by atoms with van der Waals surface area (Å²) in [6.07, 6.45) is 12.0. The number of carboxylic acids is 2. The van der Waals surface area contributed by atoms with Gasteiger partial charge in [0.2, 0.25) is 5.70 Å². The fourth-order valence-electron chi connectivity index (χ4n) is 3.03. The summed E-state index contributed by atoms with van der Waals surface area (Å²) in [5, 5.41) is 29.1. The Morgan fingerprint density at radius 1 is 1.03 bits per heavy atom. The Morgan fingerprint density at radius 2 is 1.63 bits per heavy atom. The lowest BCUT2D eigenvalue weighted by molar-refractivity contribution is -0.428. The van der Waals surface area contributed by atoms with Gasteiger partial charge in [0, 0.05) is 23.8 Å². The number of hydrogen-bond acceptors (Lipinski definition) is 6. The summed E-state index contributed by atoms with van der Waals surface area (Å²) in [4.78, 5) is 32.5. The molecule has 2 atom stereocenters. The van der Waals surface area contributed by atoms with Crippen molar-refractivity contribution in [2.45, 2.75) is 102 Å². The molecule has 0 saturated carbocycles. The second-order valence-corrected chi connectivity index (χ2v) is 8.93. The van der Waals surface area contributed by atoms with E-state index in [9.17, 15) is 19.7 Å². The van der Waals surface area contributed by atoms with Crippen LogP contribution in [0.4, 0.5) is 0 Å². The van der Waals surface area contributed by atoms with Crippen LogP contribution in [0.3, 0.4) is 0 Å². The van der Waals surface area contributed by atoms with Gasteiger partial charge in [-0.1, -0.05) is 51.9 Å². The average Bonchev–Trinajstić information content (AvgIpc) is 2.68. The van der Waals surface area contributed by atoms with Gasteiger partial charge in [-0.3, -0.25) is 19.7 Å². The fraction of sp³-hybridized carbons (Fsp3) is 0.810. The van der Waals surface area contributed by atoms with E-state index in [2.05, 4.69) is 6.92 Å². The standard InChI is InChI=1S/C21H38N2O6S/c1-2-3-4-9-12-18(30-16-19(22)21(26)27)15-14-17(23(28)29)11-8-6-5-7-10-13-20(24)25/h14,18-19H,2-13,15-16,22H2,1H3,(H,24,25)(H,26,27)/b17-14+/t18?,19-/m1/s1. The predicted octanol–water partition coefficient (Wildman–Crippen LogP) is 4.84. The van der Waals surface area contributed by atoms with Crippen molar-refractivity contribution in [2.24, 2.45) is 5.73 Å². The first-order valence-corrected chi connectivity index (χ1v) is 12.0. The number of hydrogen-bond donors (Lipinski definition) is 3. The molecule has 30 heavy (non-hydrogen) atoms. The summed E-state index contributed by atoms with van der Waals surface area (Å²) in [6.45, 7) is 2.14. The Bertz CT molecular complexity index is 542. The molecule has 0 spiro atoms. The van der Waals surface area contributed by atoms with Crippen LogP contribution in [-0.2, 0) is 9.59 Å². The number of aliphatic carboxylic acids is 2. The Kier molecular flexibility index (Phi) is 17.2. The van der Waals surface area contributed by atoms with E-state index in [1.54, 1.807) is 6.08 Å². The summed E-state index contributed by atoms with van der Waals surface area (Å²) in [5.41, 5.74) is 5.81. The van der Waals surface area contributed by atoms with Crippen molar-refractivity contribution < 1.29 is 24.7 Å². The van der Waals surface area contributed by atoms with Gasteiger partial charge in [0.1, 0.15) is 6.04 Å². The highest BCUT2D eigenvalue weighted by Gasteiger charge is 2.17. The summed E-state index contributed by atoms with van der Waals surface area (Å²) in [5.74, 6) is -1.52. The van der Waals surface area contributed by atoms with Crippen LogP contribution in [0.1, 0.15) is 90.4 Å². The van der Waals surface area contributed by atoms with Crippen LogP contribution in [0.5, 0.6) is 0 Å². The Hall–Kier alpha value is -1.61. The number of thioether (sulfide) groups is 1. The molecular formula is C21H38N2O6S. The molecule has 0 rings (SSSR count). The van der Waals surface area contributed by atoms with Crippen LogP contribution in [0.15, 0.2) is 11.8 Å². The van der Waals surface area contributed by atoms with Gasteiger partial charge in [0.15, 0.2) is 0 Å². The van der Waals surface area contributed by atoms with Gasteiger partial charge in [0.05, 0.1) is 4.92 Å². The van der Waals surface area contributed by atoms with Crippen LogP contribution >= 0.6 is 11.8 Å². The molecule has 174 valence electrons. The van der Waals surface area contributed by atoms with E-state index in [4.69, 9.17) is 15.9 Å². The molecule has 0 fully saturated rings. The van der Waals surface area contributed by atoms with Crippen LogP contribution < -0.4 is 5.73 Å². The monoisotopic (exact) mass is 446 g/mol. The van der Waals surface area contributed by atoms with Crippen molar-refractivity contribution in [2.75, 3.05) is 5.75 Å². The van der Waals surface area contributed by atoms with Crippen LogP contribution in [0, 0.1) is 10.1 Å². The van der Waals surface area contributed by atoms with Crippen LogP contribution in [-0.4, -0.2) is 44.1 Å². The zero-order valence-electron chi connectivity index (χ0n) is 18.1. The zero-order valence-corrected chi connectivity index (χ0v) is 18.9. The second-order valence-electron chi connectivity index (χ2n) is 7.60. The molecule has 9 heteroatoms. The van der Waals surface area contributed by atoms with E-state index in [0.29, 0.717) is 31.4 Å². The summed E-state index contributed by atoms with van der Waals surface area (Å²) >= 11 is 1.49. The third-order valence-corrected chi connectivity index (χ3v) is 6.33. The number of carboxylic acid groups (broad SMARTS) is 2. The van der Waals surface area contributed by atoms with E-state index < -0.39 is 18.0 Å². The van der Waals surface area contributed by atoms with Crippen molar-refractivity contribution in [1.29, 1.82) is 0 Å². The predicted molar refractivity (Wildman–Crippen MR) is 120 cm³/mol. The molecule has 1 unspecified atom stereocenters. The van der Waals surface area contributed by atoms with E-state index in [-0.39, 0.29) is 22.3 Å². The fourth-order valence-corrected chi connectivity index (χ4v) is 4.21. The van der Waals surface area contributed by atoms with Crippen molar-refractivity contribution in [3.63, 3.8) is 0 Å². The number of rotatable bonds is 20. The largest absolute Gasteiger partial charge is 0.481 e. The number of carbonyl (C=O) groups is 2. The number of allylic oxidation sites excluding steroid dienone is 2. The van der Waals surface area contributed by atoms with Crippen molar-refractivity contribution in [1.82, 2.24) is 0 Å². The second kappa shape index (κ2) is 18.2. The van der Waals surface area contributed by atoms with Crippen molar-refractivity contribution in [3.05, 3.63) is 21.9 Å². The highest BCUT2D eigenvalue weighted by atomic mass is 32.2. The molecule has 0 bridgehead atoms. The average molecular weight is 447 g/mol. The minimum absolute atomic E-state index is 0.123. The number of nitrogens with zero attached hydrogens (tertiary/aromatic N) is 1. The van der Waals surface area contributed by atoms with Gasteiger partial charge in [-0.15, -0.1) is 0 Å². The number of unbranched alkanes of at least 4 members (excludes halogenated alkanes) is 7. The maximum Gasteiger partial charge on any atom is 0.321 e. The van der Waals surface area contributed by atoms with Crippen molar-refractivity contribution in [3.8, 4) is 0 Å². The summed E-state index contributed by atoms with van der Waals surface area (Å²) < 4.78 is 0. The molecule has 0 heterocycles. The van der Waals surface area contributed by atoms with E-state index in [0.717, 1.165) is 51.4 Å². The molecule has 0 aromatic heterocycles. The van der Waals surface area contributed by atoms with E-state index >= 15 is 0 Å². The first-order chi connectivity index (χ1) is 14.3. The maximum absolute atomic E-state index is 11.4. The molecule has 0 aliphatic heterocycles. The number of nitro groups is 1. The maximum atomic E-state index is 11.4. The third kappa shape index (κ3) is 16.2. The first-order valence-electron chi connectivity index (χ1n) is 10.9. The van der Waals surface area contributed by atoms with Crippen LogP contribution in [0.25, 0.3) is 0 Å². The van der Waals surface area contributed by atoms with E-state index in [1.165, 1.54) is 11.8 Å². The number of nitrogens with two attached hydrogens (primary N) is 1.